The van der Waals surface area contributed by atoms with Gasteiger partial charge in [0.1, 0.15) is 8.80 Å². The van der Waals surface area contributed by atoms with Crippen LogP contribution in [0.2, 0.25) is 0 Å². The Bertz CT molecular complexity index is 2490. The SMILES string of the molecule is c1ccc(-c2cccc3c2B2c4ccc([SiH](c5ccccc5)c5ccccc5)cc4Nc4cc(N(c5ccccc5)c5ccccc5)cc(c42)N3)cc1. The number of fused-ring (bicyclic) bond motifs is 4. The van der Waals surface area contributed by atoms with Gasteiger partial charge in [0.2, 0.25) is 0 Å². The number of anilines is 7. The van der Waals surface area contributed by atoms with Gasteiger partial charge in [0, 0.05) is 34.1 Å². The Hall–Kier alpha value is -6.56. The molecular formula is C48H36BN3Si. The molecule has 0 bridgehead atoms. The van der Waals surface area contributed by atoms with Gasteiger partial charge < -0.3 is 15.5 Å². The Kier molecular flexibility index (Phi) is 7.77. The average Bonchev–Trinajstić information content (AvgIpc) is 3.22. The standard InChI is InChI=1S/C48H36BN3Si/c1-6-17-34(18-7-1)41-27-16-28-43-47(41)49-42-30-29-40(53(38-23-12-4-13-24-38)39-25-14-5-15-26-39)33-44(42)51-46-32-37(31-45(50-43)48(46)49)52(35-19-8-2-9-20-35)36-21-10-3-11-22-36/h1-33,50-51,53H. The molecule has 0 amide bonds. The van der Waals surface area contributed by atoms with Crippen molar-refractivity contribution in [3.63, 3.8) is 0 Å². The van der Waals surface area contributed by atoms with Crippen LogP contribution in [-0.4, -0.2) is 15.5 Å². The first-order valence-corrected chi connectivity index (χ1v) is 20.1. The van der Waals surface area contributed by atoms with Crippen LogP contribution in [0.3, 0.4) is 0 Å². The highest BCUT2D eigenvalue weighted by Crippen LogP contribution is 2.40. The maximum absolute atomic E-state index is 4.02. The van der Waals surface area contributed by atoms with Gasteiger partial charge >= 0.3 is 0 Å². The van der Waals surface area contributed by atoms with E-state index in [9.17, 15) is 0 Å². The zero-order valence-corrected chi connectivity index (χ0v) is 30.3. The highest BCUT2D eigenvalue weighted by atomic mass is 28.3. The van der Waals surface area contributed by atoms with E-state index in [4.69, 9.17) is 0 Å². The predicted molar refractivity (Wildman–Crippen MR) is 230 cm³/mol. The fourth-order valence-electron chi connectivity index (χ4n) is 8.47. The summed E-state index contributed by atoms with van der Waals surface area (Å²) in [6.45, 7) is 0.0440. The van der Waals surface area contributed by atoms with Crippen molar-refractivity contribution in [3.05, 3.63) is 200 Å². The maximum atomic E-state index is 4.02. The van der Waals surface area contributed by atoms with Crippen molar-refractivity contribution in [3.8, 4) is 11.1 Å². The largest absolute Gasteiger partial charge is 0.356 e. The van der Waals surface area contributed by atoms with Crippen molar-refractivity contribution in [1.29, 1.82) is 0 Å². The van der Waals surface area contributed by atoms with Crippen LogP contribution in [0, 0.1) is 0 Å². The predicted octanol–water partition coefficient (Wildman–Crippen LogP) is 7.70. The molecule has 0 unspecified atom stereocenters. The second kappa shape index (κ2) is 13.2. The Morgan fingerprint density at radius 3 is 1.49 bits per heavy atom. The van der Waals surface area contributed by atoms with E-state index in [1.165, 1.54) is 48.8 Å². The summed E-state index contributed by atoms with van der Waals surface area (Å²) >= 11 is 0. The molecule has 0 aliphatic carbocycles. The number of para-hydroxylation sites is 2. The van der Waals surface area contributed by atoms with Gasteiger partial charge in [-0.25, -0.2) is 0 Å². The highest BCUT2D eigenvalue weighted by Gasteiger charge is 2.40. The molecule has 0 fully saturated rings. The van der Waals surface area contributed by atoms with Crippen molar-refractivity contribution < 1.29 is 0 Å². The van der Waals surface area contributed by atoms with E-state index in [-0.39, 0.29) is 6.71 Å². The molecule has 8 aromatic rings. The summed E-state index contributed by atoms with van der Waals surface area (Å²) in [6, 6.07) is 73.0. The normalized spacial score (nSPS) is 12.2. The minimum atomic E-state index is -1.76. The summed E-state index contributed by atoms with van der Waals surface area (Å²) in [6.07, 6.45) is 0. The summed E-state index contributed by atoms with van der Waals surface area (Å²) in [4.78, 5) is 2.35. The van der Waals surface area contributed by atoms with E-state index in [2.05, 4.69) is 216 Å². The van der Waals surface area contributed by atoms with Gasteiger partial charge in [-0.2, -0.15) is 0 Å². The van der Waals surface area contributed by atoms with Gasteiger partial charge in [0.15, 0.2) is 0 Å². The Labute approximate surface area is 312 Å². The molecule has 0 atom stereocenters. The van der Waals surface area contributed by atoms with Crippen LogP contribution in [0.25, 0.3) is 11.1 Å². The third-order valence-electron chi connectivity index (χ3n) is 10.7. The van der Waals surface area contributed by atoms with Gasteiger partial charge in [-0.3, -0.25) is 0 Å². The lowest BCUT2D eigenvalue weighted by atomic mass is 9.33. The second-order valence-electron chi connectivity index (χ2n) is 13.9. The molecule has 5 heteroatoms. The van der Waals surface area contributed by atoms with E-state index < -0.39 is 8.80 Å². The number of hydrogen-bond donors (Lipinski definition) is 2. The minimum absolute atomic E-state index is 0.0440. The van der Waals surface area contributed by atoms with Gasteiger partial charge in [-0.15, -0.1) is 0 Å². The number of nitrogens with zero attached hydrogens (tertiary/aromatic N) is 1. The zero-order chi connectivity index (χ0) is 35.1. The van der Waals surface area contributed by atoms with Crippen LogP contribution in [0.15, 0.2) is 200 Å². The molecule has 0 saturated carbocycles. The van der Waals surface area contributed by atoms with Crippen molar-refractivity contribution in [2.75, 3.05) is 15.5 Å². The zero-order valence-electron chi connectivity index (χ0n) is 29.2. The molecule has 2 heterocycles. The van der Waals surface area contributed by atoms with Crippen molar-refractivity contribution >= 4 is 87.3 Å². The van der Waals surface area contributed by atoms with Crippen LogP contribution >= 0.6 is 0 Å². The molecule has 0 aromatic heterocycles. The smallest absolute Gasteiger partial charge is 0.252 e. The number of hydrogen-bond acceptors (Lipinski definition) is 3. The lowest BCUT2D eigenvalue weighted by Gasteiger charge is -2.38. The summed E-state index contributed by atoms with van der Waals surface area (Å²) in [5.74, 6) is 0. The Balaban J connectivity index is 1.20. The third-order valence-corrected chi connectivity index (χ3v) is 13.9. The summed E-state index contributed by atoms with van der Waals surface area (Å²) in [7, 11) is -1.76. The summed E-state index contributed by atoms with van der Waals surface area (Å²) in [5.41, 5.74) is 14.3. The summed E-state index contributed by atoms with van der Waals surface area (Å²) in [5, 5.41) is 12.2. The molecule has 0 spiro atoms. The molecule has 2 aliphatic heterocycles. The lowest BCUT2D eigenvalue weighted by Crippen LogP contribution is -2.60. The Morgan fingerprint density at radius 2 is 0.906 bits per heavy atom. The number of benzene rings is 8. The molecule has 2 aliphatic rings. The van der Waals surface area contributed by atoms with E-state index in [0.29, 0.717) is 0 Å². The van der Waals surface area contributed by atoms with E-state index in [0.717, 1.165) is 34.1 Å². The average molecular weight is 694 g/mol. The molecule has 10 rings (SSSR count). The molecule has 53 heavy (non-hydrogen) atoms. The number of nitrogens with one attached hydrogen (secondary N) is 2. The van der Waals surface area contributed by atoms with Crippen LogP contribution in [0.1, 0.15) is 0 Å². The quantitative estimate of drug-likeness (QED) is 0.132. The van der Waals surface area contributed by atoms with Crippen LogP contribution < -0.4 is 47.5 Å². The van der Waals surface area contributed by atoms with Crippen molar-refractivity contribution in [1.82, 2.24) is 0 Å². The maximum Gasteiger partial charge on any atom is 0.252 e. The van der Waals surface area contributed by atoms with Crippen LogP contribution in [0.4, 0.5) is 39.8 Å². The van der Waals surface area contributed by atoms with Crippen molar-refractivity contribution in [2.24, 2.45) is 0 Å². The third kappa shape index (κ3) is 5.54. The minimum Gasteiger partial charge on any atom is -0.356 e. The van der Waals surface area contributed by atoms with Gasteiger partial charge in [-0.05, 0) is 76.0 Å². The molecule has 250 valence electrons. The highest BCUT2D eigenvalue weighted by molar-refractivity contribution is 7.01. The topological polar surface area (TPSA) is 27.3 Å². The fourth-order valence-corrected chi connectivity index (χ4v) is 11.5. The molecule has 8 aromatic carbocycles. The van der Waals surface area contributed by atoms with Gasteiger partial charge in [0.05, 0.1) is 5.69 Å². The summed E-state index contributed by atoms with van der Waals surface area (Å²) < 4.78 is 0. The first kappa shape index (κ1) is 31.2. The van der Waals surface area contributed by atoms with E-state index >= 15 is 0 Å². The monoisotopic (exact) mass is 693 g/mol. The van der Waals surface area contributed by atoms with Crippen LogP contribution in [-0.2, 0) is 0 Å². The second-order valence-corrected chi connectivity index (χ2v) is 16.7. The lowest BCUT2D eigenvalue weighted by molar-refractivity contribution is 1.28. The molecule has 0 saturated heterocycles. The van der Waals surface area contributed by atoms with E-state index in [1.54, 1.807) is 0 Å². The molecular weight excluding hydrogens is 657 g/mol. The first-order valence-electron chi connectivity index (χ1n) is 18.3. The first-order chi connectivity index (χ1) is 26.3. The van der Waals surface area contributed by atoms with Crippen LogP contribution in [0.5, 0.6) is 0 Å². The molecule has 0 radical (unpaired) electrons. The molecule has 2 N–H and O–H groups in total. The molecule has 3 nitrogen and oxygen atoms in total. The fraction of sp³-hybridized carbons (Fsp3) is 0. The number of rotatable bonds is 7. The van der Waals surface area contributed by atoms with Gasteiger partial charge in [-0.1, -0.05) is 167 Å². The Morgan fingerprint density at radius 1 is 0.377 bits per heavy atom. The van der Waals surface area contributed by atoms with E-state index in [1.807, 2.05) is 0 Å². The van der Waals surface area contributed by atoms with Crippen molar-refractivity contribution in [2.45, 2.75) is 0 Å². The van der Waals surface area contributed by atoms with Gasteiger partial charge in [0.25, 0.3) is 6.71 Å².